The molecule has 174 valence electrons. The maximum absolute atomic E-state index is 13.1. The molecule has 0 aliphatic rings. The van der Waals surface area contributed by atoms with E-state index in [9.17, 15) is 22.0 Å². The first-order valence-corrected chi connectivity index (χ1v) is 11.3. The Hall–Kier alpha value is -3.66. The molecule has 0 fully saturated rings. The fraction of sp³-hybridized carbons (Fsp3) is 0.174. The molecule has 3 rings (SSSR count). The van der Waals surface area contributed by atoms with Gasteiger partial charge in [0.25, 0.3) is 10.0 Å². The summed E-state index contributed by atoms with van der Waals surface area (Å²) in [5.74, 6) is -0.350. The summed E-state index contributed by atoms with van der Waals surface area (Å²) >= 11 is 0. The van der Waals surface area contributed by atoms with Crippen molar-refractivity contribution in [3.05, 3.63) is 77.9 Å². The Morgan fingerprint density at radius 1 is 0.970 bits per heavy atom. The molecule has 0 unspecified atom stereocenters. The number of hydrogen-bond donors (Lipinski definition) is 2. The summed E-state index contributed by atoms with van der Waals surface area (Å²) in [4.78, 5) is 11.1. The lowest BCUT2D eigenvalue weighted by atomic mass is 10.0. The first kappa shape index (κ1) is 24.0. The third-order valence-electron chi connectivity index (χ3n) is 4.54. The van der Waals surface area contributed by atoms with E-state index in [0.717, 1.165) is 5.56 Å². The van der Waals surface area contributed by atoms with Crippen molar-refractivity contribution in [1.82, 2.24) is 0 Å². The highest BCUT2D eigenvalue weighted by atomic mass is 32.2. The second kappa shape index (κ2) is 10.3. The van der Waals surface area contributed by atoms with Crippen molar-refractivity contribution in [1.29, 1.82) is 0 Å². The zero-order valence-corrected chi connectivity index (χ0v) is 18.7. The second-order valence-electron chi connectivity index (χ2n) is 7.02. The maximum Gasteiger partial charge on any atom is 0.387 e. The average Bonchev–Trinajstić information content (AvgIpc) is 2.75. The number of sulfonamides is 1. The van der Waals surface area contributed by atoms with Gasteiger partial charge in [0.2, 0.25) is 5.91 Å². The largest absolute Gasteiger partial charge is 0.495 e. The number of nitrogens with one attached hydrogen (secondary N) is 2. The van der Waals surface area contributed by atoms with Gasteiger partial charge in [-0.1, -0.05) is 30.3 Å². The van der Waals surface area contributed by atoms with E-state index in [-0.39, 0.29) is 40.1 Å². The summed E-state index contributed by atoms with van der Waals surface area (Å²) < 4.78 is 64.1. The fourth-order valence-electron chi connectivity index (χ4n) is 3.19. The van der Waals surface area contributed by atoms with E-state index in [4.69, 9.17) is 4.74 Å². The predicted octanol–water partition coefficient (Wildman–Crippen LogP) is 4.65. The van der Waals surface area contributed by atoms with Gasteiger partial charge in [-0.05, 0) is 42.0 Å². The second-order valence-corrected chi connectivity index (χ2v) is 8.67. The lowest BCUT2D eigenvalue weighted by Gasteiger charge is -2.16. The molecule has 0 aliphatic heterocycles. The Morgan fingerprint density at radius 3 is 2.27 bits per heavy atom. The van der Waals surface area contributed by atoms with E-state index in [2.05, 4.69) is 14.8 Å². The number of hydrogen-bond acceptors (Lipinski definition) is 5. The highest BCUT2D eigenvalue weighted by Crippen LogP contribution is 2.31. The maximum atomic E-state index is 13.1. The van der Waals surface area contributed by atoms with E-state index in [0.29, 0.717) is 5.56 Å². The van der Waals surface area contributed by atoms with Crippen LogP contribution in [-0.2, 0) is 21.2 Å². The van der Waals surface area contributed by atoms with Crippen LogP contribution >= 0.6 is 0 Å². The Morgan fingerprint density at radius 2 is 1.64 bits per heavy atom. The molecular formula is C23H22F2N2O5S. The third-order valence-corrected chi connectivity index (χ3v) is 5.94. The van der Waals surface area contributed by atoms with Gasteiger partial charge < -0.3 is 14.8 Å². The number of amides is 1. The number of anilines is 2. The molecule has 3 aromatic carbocycles. The number of ether oxygens (including phenoxy) is 2. The molecule has 10 heteroatoms. The van der Waals surface area contributed by atoms with Gasteiger partial charge in [-0.15, -0.1) is 0 Å². The third kappa shape index (κ3) is 6.42. The molecule has 0 bridgehead atoms. The highest BCUT2D eigenvalue weighted by molar-refractivity contribution is 7.92. The van der Waals surface area contributed by atoms with Crippen molar-refractivity contribution in [2.24, 2.45) is 0 Å². The Kier molecular flexibility index (Phi) is 7.49. The molecule has 2 N–H and O–H groups in total. The molecule has 1 amide bonds. The van der Waals surface area contributed by atoms with Crippen LogP contribution in [0, 0.1) is 0 Å². The van der Waals surface area contributed by atoms with Gasteiger partial charge in [0.05, 0.1) is 7.11 Å². The summed E-state index contributed by atoms with van der Waals surface area (Å²) in [5, 5.41) is 2.52. The van der Waals surface area contributed by atoms with Crippen LogP contribution in [0.15, 0.2) is 71.6 Å². The van der Waals surface area contributed by atoms with Gasteiger partial charge in [0.1, 0.15) is 16.4 Å². The van der Waals surface area contributed by atoms with Gasteiger partial charge in [-0.3, -0.25) is 9.52 Å². The topological polar surface area (TPSA) is 93.7 Å². The SMILES string of the molecule is COc1ccc(NC(C)=O)cc1S(=O)(=O)Nc1ccc(OC(F)F)c(Cc2ccccc2)c1. The van der Waals surface area contributed by atoms with Crippen LogP contribution in [0.25, 0.3) is 0 Å². The van der Waals surface area contributed by atoms with E-state index < -0.39 is 16.6 Å². The van der Waals surface area contributed by atoms with Crippen LogP contribution in [0.2, 0.25) is 0 Å². The Labute approximate surface area is 190 Å². The van der Waals surface area contributed by atoms with Crippen molar-refractivity contribution >= 4 is 27.3 Å². The zero-order chi connectivity index (χ0) is 24.0. The number of methoxy groups -OCH3 is 1. The van der Waals surface area contributed by atoms with E-state index >= 15 is 0 Å². The summed E-state index contributed by atoms with van der Waals surface area (Å²) in [5.41, 5.74) is 1.63. The van der Waals surface area contributed by atoms with Crippen molar-refractivity contribution in [3.8, 4) is 11.5 Å². The molecule has 0 saturated heterocycles. The van der Waals surface area contributed by atoms with E-state index in [1.165, 1.54) is 50.4 Å². The molecule has 3 aromatic rings. The molecule has 0 radical (unpaired) electrons. The monoisotopic (exact) mass is 476 g/mol. The molecule has 0 aromatic heterocycles. The van der Waals surface area contributed by atoms with Gasteiger partial charge in [-0.25, -0.2) is 8.42 Å². The fourth-order valence-corrected chi connectivity index (χ4v) is 4.43. The number of rotatable bonds is 9. The Balaban J connectivity index is 1.96. The van der Waals surface area contributed by atoms with Crippen LogP contribution in [-0.4, -0.2) is 28.0 Å². The number of carbonyl (C=O) groups excluding carboxylic acids is 1. The lowest BCUT2D eigenvalue weighted by molar-refractivity contribution is -0.114. The number of carbonyl (C=O) groups is 1. The number of halogens is 2. The van der Waals surface area contributed by atoms with Crippen LogP contribution in [0.3, 0.4) is 0 Å². The normalized spacial score (nSPS) is 11.2. The minimum atomic E-state index is -4.16. The van der Waals surface area contributed by atoms with Crippen molar-refractivity contribution in [2.75, 3.05) is 17.1 Å². The summed E-state index contributed by atoms with van der Waals surface area (Å²) in [6.07, 6.45) is 0.250. The zero-order valence-electron chi connectivity index (χ0n) is 17.8. The average molecular weight is 477 g/mol. The molecule has 0 heterocycles. The first-order chi connectivity index (χ1) is 15.7. The van der Waals surface area contributed by atoms with Gasteiger partial charge in [-0.2, -0.15) is 8.78 Å². The van der Waals surface area contributed by atoms with Crippen LogP contribution in [0.4, 0.5) is 20.2 Å². The molecule has 0 atom stereocenters. The quantitative estimate of drug-likeness (QED) is 0.469. The van der Waals surface area contributed by atoms with Crippen LogP contribution in [0.5, 0.6) is 11.5 Å². The molecular weight excluding hydrogens is 454 g/mol. The standard InChI is InChI=1S/C23H22F2N2O5S/c1-15(28)26-18-8-11-21(31-2)22(14-18)33(29,30)27-19-9-10-20(32-23(24)25)17(13-19)12-16-6-4-3-5-7-16/h3-11,13-14,23,27H,12H2,1-2H3,(H,26,28). The van der Waals surface area contributed by atoms with Crippen LogP contribution < -0.4 is 19.5 Å². The van der Waals surface area contributed by atoms with Crippen LogP contribution in [0.1, 0.15) is 18.1 Å². The van der Waals surface area contributed by atoms with Gasteiger partial charge in [0, 0.05) is 30.3 Å². The minimum absolute atomic E-state index is 0.0537. The molecule has 7 nitrogen and oxygen atoms in total. The molecule has 0 aliphatic carbocycles. The number of alkyl halides is 2. The first-order valence-electron chi connectivity index (χ1n) is 9.78. The van der Waals surface area contributed by atoms with Crippen molar-refractivity contribution in [2.45, 2.75) is 24.9 Å². The molecule has 0 saturated carbocycles. The molecule has 33 heavy (non-hydrogen) atoms. The van der Waals surface area contributed by atoms with E-state index in [1.54, 1.807) is 0 Å². The summed E-state index contributed by atoms with van der Waals surface area (Å²) in [6.45, 7) is -1.73. The van der Waals surface area contributed by atoms with Gasteiger partial charge in [0.15, 0.2) is 0 Å². The van der Waals surface area contributed by atoms with E-state index in [1.807, 2.05) is 30.3 Å². The number of benzene rings is 3. The summed E-state index contributed by atoms with van der Waals surface area (Å²) in [7, 11) is -2.83. The predicted molar refractivity (Wildman–Crippen MR) is 120 cm³/mol. The van der Waals surface area contributed by atoms with Crippen molar-refractivity contribution in [3.63, 3.8) is 0 Å². The highest BCUT2D eigenvalue weighted by Gasteiger charge is 2.22. The summed E-state index contributed by atoms with van der Waals surface area (Å²) in [6, 6.07) is 17.3. The molecule has 0 spiro atoms. The van der Waals surface area contributed by atoms with Crippen molar-refractivity contribution < 1.29 is 31.5 Å². The lowest BCUT2D eigenvalue weighted by Crippen LogP contribution is -2.15. The van der Waals surface area contributed by atoms with Gasteiger partial charge >= 0.3 is 6.61 Å². The minimum Gasteiger partial charge on any atom is -0.495 e. The Bertz CT molecular complexity index is 1230. The smallest absolute Gasteiger partial charge is 0.387 e.